The number of fused-ring (bicyclic) bond motifs is 2. The summed E-state index contributed by atoms with van der Waals surface area (Å²) in [7, 11) is 1.56. The summed E-state index contributed by atoms with van der Waals surface area (Å²) in [6, 6.07) is 7.40. The van der Waals surface area contributed by atoms with E-state index in [1.54, 1.807) is 19.4 Å². The number of benzene rings is 1. The number of nitrogens with two attached hydrogens (primary N) is 1. The number of primary amides is 1. The van der Waals surface area contributed by atoms with Gasteiger partial charge in [-0.2, -0.15) is 0 Å². The Kier molecular flexibility index (Phi) is 3.82. The summed E-state index contributed by atoms with van der Waals surface area (Å²) in [4.78, 5) is 28.7. The second-order valence-corrected chi connectivity index (χ2v) is 7.02. The molecule has 4 rings (SSSR count). The molecule has 2 aliphatic carbocycles. The monoisotopic (exact) mass is 339 g/mol. The minimum atomic E-state index is -0.221. The van der Waals surface area contributed by atoms with Crippen molar-refractivity contribution in [1.29, 1.82) is 0 Å². The highest BCUT2D eigenvalue weighted by molar-refractivity contribution is 6.08. The van der Waals surface area contributed by atoms with Crippen molar-refractivity contribution >= 4 is 22.7 Å². The third-order valence-electron chi connectivity index (χ3n) is 5.74. The van der Waals surface area contributed by atoms with E-state index in [0.717, 1.165) is 30.2 Å². The van der Waals surface area contributed by atoms with Crippen LogP contribution in [0.15, 0.2) is 30.5 Å². The van der Waals surface area contributed by atoms with E-state index < -0.39 is 0 Å². The fourth-order valence-electron chi connectivity index (χ4n) is 4.40. The predicted molar refractivity (Wildman–Crippen MR) is 93.1 cm³/mol. The van der Waals surface area contributed by atoms with Gasteiger partial charge < -0.3 is 15.8 Å². The number of hydrogen-bond acceptors (Lipinski definition) is 4. The number of carbonyl (C=O) groups excluding carboxylic acids is 2. The van der Waals surface area contributed by atoms with Gasteiger partial charge in [-0.05, 0) is 49.3 Å². The molecule has 1 aromatic heterocycles. The van der Waals surface area contributed by atoms with Crippen molar-refractivity contribution in [3.8, 4) is 5.75 Å². The van der Waals surface area contributed by atoms with Gasteiger partial charge in [0.1, 0.15) is 5.75 Å². The van der Waals surface area contributed by atoms with Gasteiger partial charge in [0.25, 0.3) is 5.91 Å². The number of aromatic nitrogens is 1. The molecule has 1 heterocycles. The number of carbonyl (C=O) groups is 2. The number of rotatable bonds is 4. The Morgan fingerprint density at radius 1 is 1.24 bits per heavy atom. The quantitative estimate of drug-likeness (QED) is 0.889. The summed E-state index contributed by atoms with van der Waals surface area (Å²) in [5.74, 6) is 0.964. The molecule has 2 amide bonds. The maximum atomic E-state index is 12.9. The third kappa shape index (κ3) is 2.62. The Balaban J connectivity index is 1.56. The van der Waals surface area contributed by atoms with Crippen molar-refractivity contribution in [2.75, 3.05) is 7.11 Å². The van der Waals surface area contributed by atoms with Crippen LogP contribution in [0.2, 0.25) is 0 Å². The van der Waals surface area contributed by atoms with Crippen LogP contribution >= 0.6 is 0 Å². The first-order valence-electron chi connectivity index (χ1n) is 8.60. The van der Waals surface area contributed by atoms with E-state index in [1.165, 1.54) is 0 Å². The topological polar surface area (TPSA) is 94.3 Å². The van der Waals surface area contributed by atoms with Crippen molar-refractivity contribution in [2.45, 2.75) is 25.3 Å². The third-order valence-corrected chi connectivity index (χ3v) is 5.74. The lowest BCUT2D eigenvalue weighted by atomic mass is 9.71. The minimum Gasteiger partial charge on any atom is -0.496 e. The molecule has 6 nitrogen and oxygen atoms in total. The van der Waals surface area contributed by atoms with Crippen LogP contribution < -0.4 is 15.8 Å². The Bertz CT molecular complexity index is 851. The van der Waals surface area contributed by atoms with Gasteiger partial charge in [-0.25, -0.2) is 0 Å². The molecule has 1 aromatic carbocycles. The number of pyridine rings is 1. The maximum absolute atomic E-state index is 12.9. The number of hydrogen-bond donors (Lipinski definition) is 2. The van der Waals surface area contributed by atoms with Crippen LogP contribution in [0.1, 0.15) is 29.6 Å². The molecule has 2 aliphatic rings. The van der Waals surface area contributed by atoms with Crippen molar-refractivity contribution in [1.82, 2.24) is 10.3 Å². The van der Waals surface area contributed by atoms with E-state index in [1.807, 2.05) is 18.2 Å². The van der Waals surface area contributed by atoms with Gasteiger partial charge in [-0.1, -0.05) is 6.07 Å². The normalized spacial score (nSPS) is 27.4. The second-order valence-electron chi connectivity index (χ2n) is 7.02. The van der Waals surface area contributed by atoms with Gasteiger partial charge in [0.15, 0.2) is 0 Å². The molecular formula is C19H21N3O3. The van der Waals surface area contributed by atoms with Crippen LogP contribution in [-0.4, -0.2) is 29.9 Å². The van der Waals surface area contributed by atoms with E-state index in [-0.39, 0.29) is 23.8 Å². The summed E-state index contributed by atoms with van der Waals surface area (Å²) in [5, 5.41) is 3.91. The first-order chi connectivity index (χ1) is 12.1. The second kappa shape index (κ2) is 6.02. The molecule has 3 N–H and O–H groups in total. The molecule has 4 unspecified atom stereocenters. The predicted octanol–water partition coefficient (Wildman–Crippen LogP) is 1.87. The van der Waals surface area contributed by atoms with E-state index in [0.29, 0.717) is 23.1 Å². The lowest BCUT2D eigenvalue weighted by Crippen LogP contribution is -2.50. The zero-order valence-corrected chi connectivity index (χ0v) is 14.1. The Morgan fingerprint density at radius 2 is 2.08 bits per heavy atom. The first-order valence-corrected chi connectivity index (χ1v) is 8.60. The molecule has 0 radical (unpaired) electrons. The average Bonchev–Trinajstić information content (AvgIpc) is 2.95. The smallest absolute Gasteiger partial charge is 0.255 e. The number of ether oxygens (including phenoxy) is 1. The zero-order valence-electron chi connectivity index (χ0n) is 14.1. The summed E-state index contributed by atoms with van der Waals surface area (Å²) < 4.78 is 5.39. The van der Waals surface area contributed by atoms with Gasteiger partial charge in [-0.3, -0.25) is 14.6 Å². The highest BCUT2D eigenvalue weighted by atomic mass is 16.5. The molecule has 0 saturated heterocycles. The summed E-state index contributed by atoms with van der Waals surface area (Å²) in [5.41, 5.74) is 6.71. The zero-order chi connectivity index (χ0) is 17.6. The maximum Gasteiger partial charge on any atom is 0.255 e. The largest absolute Gasteiger partial charge is 0.496 e. The fourth-order valence-corrected chi connectivity index (χ4v) is 4.40. The Labute approximate surface area is 145 Å². The van der Waals surface area contributed by atoms with E-state index >= 15 is 0 Å². The fraction of sp³-hybridized carbons (Fsp3) is 0.421. The van der Waals surface area contributed by atoms with E-state index in [9.17, 15) is 9.59 Å². The number of amides is 2. The summed E-state index contributed by atoms with van der Waals surface area (Å²) in [6.07, 6.45) is 4.24. The molecule has 6 heteroatoms. The summed E-state index contributed by atoms with van der Waals surface area (Å²) >= 11 is 0. The van der Waals surface area contributed by atoms with Crippen molar-refractivity contribution in [3.05, 3.63) is 36.0 Å². The lowest BCUT2D eigenvalue weighted by molar-refractivity contribution is -0.121. The molecule has 2 fully saturated rings. The van der Waals surface area contributed by atoms with Gasteiger partial charge in [-0.15, -0.1) is 0 Å². The van der Waals surface area contributed by atoms with Crippen LogP contribution in [0.25, 0.3) is 10.9 Å². The molecule has 2 aromatic rings. The SMILES string of the molecule is COc1ccc2ncccc2c1C(=O)NC1CC2CC(C(N)=O)CC21. The molecule has 4 atom stereocenters. The Morgan fingerprint density at radius 3 is 2.84 bits per heavy atom. The minimum absolute atomic E-state index is 0.0480. The van der Waals surface area contributed by atoms with Gasteiger partial charge >= 0.3 is 0 Å². The van der Waals surface area contributed by atoms with Crippen LogP contribution in [0.3, 0.4) is 0 Å². The van der Waals surface area contributed by atoms with Crippen LogP contribution in [0.5, 0.6) is 5.75 Å². The van der Waals surface area contributed by atoms with E-state index in [4.69, 9.17) is 10.5 Å². The standard InChI is InChI=1S/C19H21N3O3/c1-25-16-5-4-14-12(3-2-6-21-14)17(16)19(24)22-15-9-10-7-11(18(20)23)8-13(10)15/h2-6,10-11,13,15H,7-9H2,1H3,(H2,20,23)(H,22,24). The van der Waals surface area contributed by atoms with Crippen molar-refractivity contribution in [3.63, 3.8) is 0 Å². The van der Waals surface area contributed by atoms with Gasteiger partial charge in [0.05, 0.1) is 18.2 Å². The molecule has 0 aliphatic heterocycles. The number of nitrogens with zero attached hydrogens (tertiary/aromatic N) is 1. The van der Waals surface area contributed by atoms with E-state index in [2.05, 4.69) is 10.3 Å². The van der Waals surface area contributed by atoms with Crippen molar-refractivity contribution in [2.24, 2.45) is 23.5 Å². The molecule has 0 spiro atoms. The average molecular weight is 339 g/mol. The highest BCUT2D eigenvalue weighted by Gasteiger charge is 2.49. The number of methoxy groups -OCH3 is 1. The first kappa shape index (κ1) is 15.9. The molecular weight excluding hydrogens is 318 g/mol. The Hall–Kier alpha value is -2.63. The highest BCUT2D eigenvalue weighted by Crippen LogP contribution is 2.49. The molecule has 2 saturated carbocycles. The number of nitrogens with one attached hydrogen (secondary N) is 1. The van der Waals surface area contributed by atoms with Gasteiger partial charge in [0, 0.05) is 23.5 Å². The van der Waals surface area contributed by atoms with Crippen LogP contribution in [0, 0.1) is 17.8 Å². The van der Waals surface area contributed by atoms with Crippen LogP contribution in [0.4, 0.5) is 0 Å². The molecule has 130 valence electrons. The van der Waals surface area contributed by atoms with Gasteiger partial charge in [0.2, 0.25) is 5.91 Å². The van der Waals surface area contributed by atoms with Crippen LogP contribution in [-0.2, 0) is 4.79 Å². The van der Waals surface area contributed by atoms with Crippen molar-refractivity contribution < 1.29 is 14.3 Å². The molecule has 0 bridgehead atoms. The lowest BCUT2D eigenvalue weighted by Gasteiger charge is -2.40. The summed E-state index contributed by atoms with van der Waals surface area (Å²) in [6.45, 7) is 0. The molecule has 25 heavy (non-hydrogen) atoms.